The number of ketones is 1. The van der Waals surface area contributed by atoms with Gasteiger partial charge in [-0.3, -0.25) is 14.4 Å². The fraction of sp³-hybridized carbons (Fsp3) is 0.158. The van der Waals surface area contributed by atoms with Crippen LogP contribution in [0.2, 0.25) is 0 Å². The summed E-state index contributed by atoms with van der Waals surface area (Å²) in [5.74, 6) is 0.181. The number of hydrogen-bond donors (Lipinski definition) is 2. The Hall–Kier alpha value is -3.48. The Morgan fingerprint density at radius 2 is 1.92 bits per heavy atom. The third-order valence-corrected chi connectivity index (χ3v) is 3.79. The molecule has 26 heavy (non-hydrogen) atoms. The van der Waals surface area contributed by atoms with Crippen LogP contribution in [0.1, 0.15) is 23.7 Å². The van der Waals surface area contributed by atoms with E-state index in [1.165, 1.54) is 6.33 Å². The molecule has 0 spiro atoms. The van der Waals surface area contributed by atoms with Gasteiger partial charge in [0.05, 0.1) is 17.2 Å². The van der Waals surface area contributed by atoms with Crippen LogP contribution in [-0.4, -0.2) is 28.3 Å². The van der Waals surface area contributed by atoms with Crippen molar-refractivity contribution < 1.29 is 14.3 Å². The lowest BCUT2D eigenvalue weighted by atomic mass is 10.1. The van der Waals surface area contributed by atoms with E-state index in [0.717, 1.165) is 0 Å². The van der Waals surface area contributed by atoms with Crippen molar-refractivity contribution in [1.82, 2.24) is 9.97 Å². The number of anilines is 1. The molecule has 0 fully saturated rings. The summed E-state index contributed by atoms with van der Waals surface area (Å²) in [5.41, 5.74) is 1.36. The predicted molar refractivity (Wildman–Crippen MR) is 97.6 cm³/mol. The molecule has 0 atom stereocenters. The zero-order valence-corrected chi connectivity index (χ0v) is 14.1. The maximum atomic E-state index is 12.0. The number of nitrogens with one attached hydrogen (secondary N) is 2. The van der Waals surface area contributed by atoms with Crippen molar-refractivity contribution in [3.8, 4) is 5.75 Å². The Bertz CT molecular complexity index is 1010. The summed E-state index contributed by atoms with van der Waals surface area (Å²) in [7, 11) is 0. The van der Waals surface area contributed by atoms with Gasteiger partial charge in [-0.05, 0) is 42.5 Å². The van der Waals surface area contributed by atoms with Crippen LogP contribution in [0.3, 0.4) is 0 Å². The highest BCUT2D eigenvalue weighted by Crippen LogP contribution is 2.15. The van der Waals surface area contributed by atoms with E-state index in [1.54, 1.807) is 49.4 Å². The van der Waals surface area contributed by atoms with E-state index >= 15 is 0 Å². The second kappa shape index (κ2) is 7.60. The SMILES string of the molecule is CCC(=O)c1ccc(OCC(=O)Nc2ccc3nc[nH]c(=O)c3c2)cc1. The molecule has 0 radical (unpaired) electrons. The minimum absolute atomic E-state index is 0.0510. The zero-order valence-electron chi connectivity index (χ0n) is 14.1. The number of aromatic amines is 1. The lowest BCUT2D eigenvalue weighted by Crippen LogP contribution is -2.20. The molecule has 1 aromatic heterocycles. The molecule has 1 amide bonds. The van der Waals surface area contributed by atoms with Crippen molar-refractivity contribution >= 4 is 28.3 Å². The first kappa shape index (κ1) is 17.3. The van der Waals surface area contributed by atoms with Gasteiger partial charge < -0.3 is 15.0 Å². The van der Waals surface area contributed by atoms with Crippen LogP contribution in [-0.2, 0) is 4.79 Å². The minimum Gasteiger partial charge on any atom is -0.484 e. The number of ether oxygens (including phenoxy) is 1. The largest absolute Gasteiger partial charge is 0.484 e. The second-order valence-electron chi connectivity index (χ2n) is 5.60. The van der Waals surface area contributed by atoms with Crippen LogP contribution in [0.25, 0.3) is 10.9 Å². The molecule has 7 nitrogen and oxygen atoms in total. The molecule has 0 aliphatic carbocycles. The molecular formula is C19H17N3O4. The van der Waals surface area contributed by atoms with Gasteiger partial charge in [-0.15, -0.1) is 0 Å². The smallest absolute Gasteiger partial charge is 0.262 e. The normalized spacial score (nSPS) is 10.5. The Balaban J connectivity index is 1.61. The summed E-state index contributed by atoms with van der Waals surface area (Å²) >= 11 is 0. The van der Waals surface area contributed by atoms with E-state index in [2.05, 4.69) is 15.3 Å². The van der Waals surface area contributed by atoms with Crippen LogP contribution in [0, 0.1) is 0 Å². The van der Waals surface area contributed by atoms with E-state index in [-0.39, 0.29) is 23.9 Å². The van der Waals surface area contributed by atoms with Crippen LogP contribution >= 0.6 is 0 Å². The van der Waals surface area contributed by atoms with Crippen molar-refractivity contribution in [3.05, 3.63) is 64.7 Å². The third-order valence-electron chi connectivity index (χ3n) is 3.79. The lowest BCUT2D eigenvalue weighted by Gasteiger charge is -2.08. The molecule has 0 aliphatic rings. The standard InChI is InChI=1S/C19H17N3O4/c1-2-17(23)12-3-6-14(7-4-12)26-10-18(24)22-13-5-8-16-15(9-13)19(25)21-11-20-16/h3-9,11H,2,10H2,1H3,(H,22,24)(H,20,21,25). The van der Waals surface area contributed by atoms with E-state index in [1.807, 2.05) is 0 Å². The molecule has 0 aliphatic heterocycles. The van der Waals surface area contributed by atoms with Gasteiger partial charge in [0.2, 0.25) is 0 Å². The van der Waals surface area contributed by atoms with Gasteiger partial charge in [-0.1, -0.05) is 6.92 Å². The number of amides is 1. The number of rotatable bonds is 6. The Morgan fingerprint density at radius 1 is 1.15 bits per heavy atom. The second-order valence-corrected chi connectivity index (χ2v) is 5.60. The summed E-state index contributed by atoms with van der Waals surface area (Å²) in [5, 5.41) is 3.06. The minimum atomic E-state index is -0.363. The van der Waals surface area contributed by atoms with Gasteiger partial charge in [0, 0.05) is 17.7 Å². The molecule has 3 aromatic rings. The summed E-state index contributed by atoms with van der Waals surface area (Å²) in [6, 6.07) is 11.5. The number of H-pyrrole nitrogens is 1. The fourth-order valence-corrected chi connectivity index (χ4v) is 2.43. The van der Waals surface area contributed by atoms with Gasteiger partial charge in [-0.25, -0.2) is 4.98 Å². The molecule has 1 heterocycles. The van der Waals surface area contributed by atoms with Gasteiger partial charge in [0.1, 0.15) is 5.75 Å². The summed E-state index contributed by atoms with van der Waals surface area (Å²) in [4.78, 5) is 41.9. The quantitative estimate of drug-likeness (QED) is 0.665. The van der Waals surface area contributed by atoms with Gasteiger partial charge in [-0.2, -0.15) is 0 Å². The lowest BCUT2D eigenvalue weighted by molar-refractivity contribution is -0.118. The molecule has 3 rings (SSSR count). The first-order valence-corrected chi connectivity index (χ1v) is 8.10. The van der Waals surface area contributed by atoms with Gasteiger partial charge in [0.15, 0.2) is 12.4 Å². The fourth-order valence-electron chi connectivity index (χ4n) is 2.43. The Kier molecular flexibility index (Phi) is 5.07. The van der Waals surface area contributed by atoms with Crippen LogP contribution < -0.4 is 15.6 Å². The monoisotopic (exact) mass is 351 g/mol. The highest BCUT2D eigenvalue weighted by Gasteiger charge is 2.07. The van der Waals surface area contributed by atoms with Crippen molar-refractivity contribution in [3.63, 3.8) is 0 Å². The molecule has 0 bridgehead atoms. The number of Topliss-reactive ketones (excluding diaryl/α,β-unsaturated/α-hetero) is 1. The molecular weight excluding hydrogens is 334 g/mol. The number of benzene rings is 2. The molecule has 2 aromatic carbocycles. The molecule has 132 valence electrons. The highest BCUT2D eigenvalue weighted by atomic mass is 16.5. The topological polar surface area (TPSA) is 101 Å². The molecule has 2 N–H and O–H groups in total. The first-order chi connectivity index (χ1) is 12.6. The average molecular weight is 351 g/mol. The number of carbonyl (C=O) groups is 2. The number of carbonyl (C=O) groups excluding carboxylic acids is 2. The molecule has 0 saturated carbocycles. The average Bonchev–Trinajstić information content (AvgIpc) is 2.67. The van der Waals surface area contributed by atoms with Crippen molar-refractivity contribution in [1.29, 1.82) is 0 Å². The van der Waals surface area contributed by atoms with Crippen LogP contribution in [0.15, 0.2) is 53.6 Å². The summed E-state index contributed by atoms with van der Waals surface area (Å²) in [6.07, 6.45) is 1.77. The Morgan fingerprint density at radius 3 is 2.65 bits per heavy atom. The summed E-state index contributed by atoms with van der Waals surface area (Å²) in [6.45, 7) is 1.61. The van der Waals surface area contributed by atoms with E-state index in [9.17, 15) is 14.4 Å². The number of nitrogens with zero attached hydrogens (tertiary/aromatic N) is 1. The van der Waals surface area contributed by atoms with Gasteiger partial charge >= 0.3 is 0 Å². The van der Waals surface area contributed by atoms with E-state index in [0.29, 0.717) is 34.3 Å². The van der Waals surface area contributed by atoms with Crippen molar-refractivity contribution in [2.45, 2.75) is 13.3 Å². The first-order valence-electron chi connectivity index (χ1n) is 8.10. The van der Waals surface area contributed by atoms with Gasteiger partial charge in [0.25, 0.3) is 11.5 Å². The maximum Gasteiger partial charge on any atom is 0.262 e. The molecule has 0 saturated heterocycles. The number of fused-ring (bicyclic) bond motifs is 1. The zero-order chi connectivity index (χ0) is 18.5. The predicted octanol–water partition coefficient (Wildman–Crippen LogP) is 2.53. The number of hydrogen-bond acceptors (Lipinski definition) is 5. The third kappa shape index (κ3) is 3.94. The van der Waals surface area contributed by atoms with Crippen molar-refractivity contribution in [2.75, 3.05) is 11.9 Å². The maximum absolute atomic E-state index is 12.0. The van der Waals surface area contributed by atoms with E-state index in [4.69, 9.17) is 4.74 Å². The van der Waals surface area contributed by atoms with E-state index < -0.39 is 0 Å². The summed E-state index contributed by atoms with van der Waals surface area (Å²) < 4.78 is 5.42. The molecule has 7 heteroatoms. The van der Waals surface area contributed by atoms with Crippen molar-refractivity contribution in [2.24, 2.45) is 0 Å². The van der Waals surface area contributed by atoms with Crippen LogP contribution in [0.4, 0.5) is 5.69 Å². The Labute approximate surface area is 149 Å². The number of aromatic nitrogens is 2. The molecule has 0 unspecified atom stereocenters. The highest BCUT2D eigenvalue weighted by molar-refractivity contribution is 5.96. The van der Waals surface area contributed by atoms with Crippen LogP contribution in [0.5, 0.6) is 5.75 Å².